The summed E-state index contributed by atoms with van der Waals surface area (Å²) in [6.45, 7) is 0.257. The standard InChI is InChI=1S/C26H27ClF2N6O3S2/c1-15-2-3-19(20(27)10-15)23-22(16-12-31-35(13-16)26(28)29)21-11-17(33-40(36,37)18-4-7-38-8-5-18)14-34(21)24(32-23)25-30-6-9-39-25/h2-3,6,9-10,12-13,17-18,23,26,33H,4-5,7-8,11,14H2,1H3/t17-,23-/m0/s1. The van der Waals surface area contributed by atoms with Gasteiger partial charge in [0.05, 0.1) is 11.4 Å². The predicted octanol–water partition coefficient (Wildman–Crippen LogP) is 4.78. The monoisotopic (exact) mass is 608 g/mol. The largest absolute Gasteiger partial charge is 0.381 e. The second kappa shape index (κ2) is 10.9. The molecule has 0 saturated carbocycles. The molecular formula is C26H27ClF2N6O3S2. The van der Waals surface area contributed by atoms with Gasteiger partial charge in [-0.2, -0.15) is 13.9 Å². The molecule has 0 radical (unpaired) electrons. The minimum Gasteiger partial charge on any atom is -0.381 e. The Hall–Kier alpha value is -2.71. The molecule has 0 amide bonds. The van der Waals surface area contributed by atoms with E-state index < -0.39 is 33.9 Å². The van der Waals surface area contributed by atoms with Crippen molar-refractivity contribution in [3.8, 4) is 0 Å². The minimum atomic E-state index is -3.62. The van der Waals surface area contributed by atoms with E-state index in [0.29, 0.717) is 76.3 Å². The van der Waals surface area contributed by atoms with Crippen LogP contribution in [0.25, 0.3) is 5.57 Å². The van der Waals surface area contributed by atoms with Crippen molar-refractivity contribution in [1.29, 1.82) is 0 Å². The molecule has 0 spiro atoms. The van der Waals surface area contributed by atoms with Gasteiger partial charge in [-0.3, -0.25) is 4.99 Å². The third-order valence-corrected chi connectivity index (χ3v) is 10.5. The lowest BCUT2D eigenvalue weighted by Gasteiger charge is -2.32. The van der Waals surface area contributed by atoms with Gasteiger partial charge in [0.15, 0.2) is 10.8 Å². The topological polar surface area (TPSA) is 102 Å². The number of fused-ring (bicyclic) bond motifs is 1. The summed E-state index contributed by atoms with van der Waals surface area (Å²) in [5, 5.41) is 6.36. The summed E-state index contributed by atoms with van der Waals surface area (Å²) in [5.74, 6) is 0.587. The van der Waals surface area contributed by atoms with Crippen LogP contribution in [0.5, 0.6) is 0 Å². The summed E-state index contributed by atoms with van der Waals surface area (Å²) in [5.41, 5.74) is 3.58. The van der Waals surface area contributed by atoms with E-state index in [9.17, 15) is 17.2 Å². The Morgan fingerprint density at radius 1 is 1.25 bits per heavy atom. The lowest BCUT2D eigenvalue weighted by Crippen LogP contribution is -2.44. The number of aryl methyl sites for hydroxylation is 1. The van der Waals surface area contributed by atoms with Gasteiger partial charge in [0.2, 0.25) is 10.0 Å². The summed E-state index contributed by atoms with van der Waals surface area (Å²) in [6.07, 6.45) is 5.58. The number of benzene rings is 1. The van der Waals surface area contributed by atoms with Gasteiger partial charge in [-0.25, -0.2) is 22.8 Å². The minimum absolute atomic E-state index is 0.316. The molecule has 2 fully saturated rings. The van der Waals surface area contributed by atoms with Crippen LogP contribution in [-0.2, 0) is 14.8 Å². The van der Waals surface area contributed by atoms with Crippen LogP contribution in [0.2, 0.25) is 5.02 Å². The number of hydrogen-bond acceptors (Lipinski definition) is 8. The Labute approximate surface area is 239 Å². The molecule has 5 heterocycles. The molecule has 212 valence electrons. The fraction of sp³-hybridized carbons (Fsp3) is 0.423. The SMILES string of the molecule is Cc1ccc([C@@H]2N=C(c3nccs3)N3C[C@@H](NS(=O)(=O)C4CCOCC4)CC3=C2c2cnn(C(F)F)c2)c(Cl)c1. The van der Waals surface area contributed by atoms with Gasteiger partial charge in [-0.15, -0.1) is 11.3 Å². The smallest absolute Gasteiger partial charge is 0.333 e. The molecule has 0 aliphatic carbocycles. The summed E-state index contributed by atoms with van der Waals surface area (Å²) >= 11 is 8.14. The van der Waals surface area contributed by atoms with Crippen molar-refractivity contribution in [2.75, 3.05) is 19.8 Å². The Kier molecular flexibility index (Phi) is 7.51. The van der Waals surface area contributed by atoms with Gasteiger partial charge in [0.25, 0.3) is 0 Å². The highest BCUT2D eigenvalue weighted by molar-refractivity contribution is 7.90. The molecule has 14 heteroatoms. The van der Waals surface area contributed by atoms with Crippen LogP contribution in [0.4, 0.5) is 8.78 Å². The normalized spacial score (nSPS) is 22.2. The first-order chi connectivity index (χ1) is 19.2. The van der Waals surface area contributed by atoms with Crippen LogP contribution >= 0.6 is 22.9 Å². The molecule has 0 unspecified atom stereocenters. The van der Waals surface area contributed by atoms with E-state index in [1.165, 1.54) is 23.7 Å². The summed E-state index contributed by atoms with van der Waals surface area (Å²) < 4.78 is 62.6. The Bertz CT molecular complexity index is 1570. The van der Waals surface area contributed by atoms with Crippen LogP contribution < -0.4 is 4.72 Å². The number of rotatable bonds is 7. The van der Waals surface area contributed by atoms with Crippen LogP contribution in [0.3, 0.4) is 0 Å². The van der Waals surface area contributed by atoms with Crippen LogP contribution in [0.1, 0.15) is 53.6 Å². The van der Waals surface area contributed by atoms with Crippen LogP contribution in [0.15, 0.2) is 52.9 Å². The van der Waals surface area contributed by atoms with Crippen molar-refractivity contribution in [1.82, 2.24) is 24.4 Å². The number of aromatic nitrogens is 3. The van der Waals surface area contributed by atoms with E-state index >= 15 is 0 Å². The average Bonchev–Trinajstić information content (AvgIpc) is 3.69. The van der Waals surface area contributed by atoms with E-state index in [1.807, 2.05) is 35.4 Å². The first kappa shape index (κ1) is 27.5. The van der Waals surface area contributed by atoms with Gasteiger partial charge in [0.1, 0.15) is 6.04 Å². The molecule has 1 aromatic carbocycles. The van der Waals surface area contributed by atoms with E-state index in [0.717, 1.165) is 11.3 Å². The van der Waals surface area contributed by atoms with Crippen molar-refractivity contribution in [2.45, 2.75) is 50.1 Å². The van der Waals surface area contributed by atoms with Gasteiger partial charge in [0, 0.05) is 71.9 Å². The number of halogens is 3. The molecule has 2 aromatic heterocycles. The van der Waals surface area contributed by atoms with Gasteiger partial charge < -0.3 is 9.64 Å². The Balaban J connectivity index is 1.47. The fourth-order valence-electron chi connectivity index (χ4n) is 5.51. The number of ether oxygens (including phenoxy) is 1. The zero-order chi connectivity index (χ0) is 28.0. The first-order valence-electron chi connectivity index (χ1n) is 12.9. The molecular weight excluding hydrogens is 582 g/mol. The van der Waals surface area contributed by atoms with Crippen molar-refractivity contribution < 1.29 is 21.9 Å². The number of aliphatic imine (C=N–C) groups is 1. The quantitative estimate of drug-likeness (QED) is 0.414. The number of nitrogens with zero attached hydrogens (tertiary/aromatic N) is 5. The molecule has 6 rings (SSSR count). The fourth-order valence-corrected chi connectivity index (χ4v) is 8.12. The van der Waals surface area contributed by atoms with Crippen molar-refractivity contribution in [2.24, 2.45) is 4.99 Å². The van der Waals surface area contributed by atoms with E-state index in [4.69, 9.17) is 21.3 Å². The third kappa shape index (κ3) is 5.20. The number of hydrogen-bond donors (Lipinski definition) is 1. The van der Waals surface area contributed by atoms with Crippen molar-refractivity contribution in [3.05, 3.63) is 74.6 Å². The highest BCUT2D eigenvalue weighted by Gasteiger charge is 2.42. The zero-order valence-corrected chi connectivity index (χ0v) is 23.9. The van der Waals surface area contributed by atoms with Crippen LogP contribution in [-0.4, -0.2) is 65.0 Å². The molecule has 2 saturated heterocycles. The second-order valence-electron chi connectivity index (χ2n) is 10.1. The predicted molar refractivity (Wildman–Crippen MR) is 149 cm³/mol. The van der Waals surface area contributed by atoms with Gasteiger partial charge in [-0.1, -0.05) is 23.7 Å². The van der Waals surface area contributed by atoms with Gasteiger partial charge in [-0.05, 0) is 37.0 Å². The summed E-state index contributed by atoms with van der Waals surface area (Å²) in [7, 11) is -3.62. The van der Waals surface area contributed by atoms with E-state index in [1.54, 1.807) is 6.20 Å². The Morgan fingerprint density at radius 2 is 2.05 bits per heavy atom. The Morgan fingerprint density at radius 3 is 2.73 bits per heavy atom. The highest BCUT2D eigenvalue weighted by Crippen LogP contribution is 2.46. The molecule has 40 heavy (non-hydrogen) atoms. The lowest BCUT2D eigenvalue weighted by atomic mass is 9.90. The molecule has 3 aliphatic heterocycles. The number of amidine groups is 1. The zero-order valence-electron chi connectivity index (χ0n) is 21.5. The number of sulfonamides is 1. The van der Waals surface area contributed by atoms with Crippen molar-refractivity contribution >= 4 is 44.4 Å². The molecule has 9 nitrogen and oxygen atoms in total. The highest BCUT2D eigenvalue weighted by atomic mass is 35.5. The number of alkyl halides is 2. The molecule has 3 aliphatic rings. The first-order valence-corrected chi connectivity index (χ1v) is 15.7. The molecule has 2 atom stereocenters. The maximum atomic E-state index is 13.5. The molecule has 3 aromatic rings. The molecule has 1 N–H and O–H groups in total. The summed E-state index contributed by atoms with van der Waals surface area (Å²) in [4.78, 5) is 11.5. The van der Waals surface area contributed by atoms with E-state index in [-0.39, 0.29) is 0 Å². The molecule has 0 bridgehead atoms. The summed E-state index contributed by atoms with van der Waals surface area (Å²) in [6, 6.07) is 4.56. The number of nitrogens with one attached hydrogen (secondary N) is 1. The third-order valence-electron chi connectivity index (χ3n) is 7.38. The maximum Gasteiger partial charge on any atom is 0.333 e. The van der Waals surface area contributed by atoms with Crippen LogP contribution in [0, 0.1) is 6.92 Å². The van der Waals surface area contributed by atoms with E-state index in [2.05, 4.69) is 14.8 Å². The van der Waals surface area contributed by atoms with Gasteiger partial charge >= 0.3 is 6.55 Å². The second-order valence-corrected chi connectivity index (χ2v) is 13.3. The average molecular weight is 609 g/mol. The van der Waals surface area contributed by atoms with Crippen molar-refractivity contribution in [3.63, 3.8) is 0 Å². The maximum absolute atomic E-state index is 13.5. The lowest BCUT2D eigenvalue weighted by molar-refractivity contribution is 0.0566. The number of thiazole rings is 1.